The second kappa shape index (κ2) is 3.79. The van der Waals surface area contributed by atoms with Gasteiger partial charge in [-0.1, -0.05) is 12.1 Å². The van der Waals surface area contributed by atoms with Crippen molar-refractivity contribution >= 4 is 20.9 Å². The molecule has 2 aromatic rings. The molecule has 2 rings (SSSR count). The SMILES string of the molecule is CS(=O)(=O)CCn1c(=O)[nH]c2ccccc21. The summed E-state index contributed by atoms with van der Waals surface area (Å²) in [7, 11) is -3.06. The van der Waals surface area contributed by atoms with Gasteiger partial charge in [-0.05, 0) is 12.1 Å². The number of hydrogen-bond acceptors (Lipinski definition) is 3. The highest BCUT2D eigenvalue weighted by molar-refractivity contribution is 7.90. The Bertz CT molecular complexity index is 667. The molecule has 0 unspecified atom stereocenters. The molecule has 0 saturated heterocycles. The Balaban J connectivity index is 2.44. The first-order valence-corrected chi connectivity index (χ1v) is 6.89. The van der Waals surface area contributed by atoms with Gasteiger partial charge in [0.1, 0.15) is 9.84 Å². The normalized spacial score (nSPS) is 12.1. The van der Waals surface area contributed by atoms with Crippen molar-refractivity contribution in [1.29, 1.82) is 0 Å². The van der Waals surface area contributed by atoms with Crippen LogP contribution in [0.25, 0.3) is 11.0 Å². The standard InChI is InChI=1S/C10H12N2O3S/c1-16(14,15)7-6-12-9-5-3-2-4-8(9)11-10(12)13/h2-5H,6-7H2,1H3,(H,11,13). The zero-order chi connectivity index (χ0) is 11.8. The van der Waals surface area contributed by atoms with Crippen LogP contribution in [0.1, 0.15) is 0 Å². The van der Waals surface area contributed by atoms with Gasteiger partial charge in [0.2, 0.25) is 0 Å². The number of aromatic amines is 1. The van der Waals surface area contributed by atoms with E-state index >= 15 is 0 Å². The highest BCUT2D eigenvalue weighted by Gasteiger charge is 2.08. The maximum atomic E-state index is 11.6. The zero-order valence-corrected chi connectivity index (χ0v) is 9.62. The number of aromatic nitrogens is 2. The number of nitrogens with one attached hydrogen (secondary N) is 1. The Morgan fingerprint density at radius 3 is 2.69 bits per heavy atom. The second-order valence-corrected chi connectivity index (χ2v) is 5.99. The lowest BCUT2D eigenvalue weighted by atomic mass is 10.3. The third-order valence-corrected chi connectivity index (χ3v) is 3.29. The highest BCUT2D eigenvalue weighted by Crippen LogP contribution is 2.08. The quantitative estimate of drug-likeness (QED) is 0.842. The molecule has 1 N–H and O–H groups in total. The van der Waals surface area contributed by atoms with Crippen molar-refractivity contribution in [3.8, 4) is 0 Å². The van der Waals surface area contributed by atoms with Crippen LogP contribution in [-0.2, 0) is 16.4 Å². The smallest absolute Gasteiger partial charge is 0.306 e. The van der Waals surface area contributed by atoms with Gasteiger partial charge in [-0.15, -0.1) is 0 Å². The molecule has 0 amide bonds. The van der Waals surface area contributed by atoms with E-state index in [0.717, 1.165) is 17.3 Å². The highest BCUT2D eigenvalue weighted by atomic mass is 32.2. The van der Waals surface area contributed by atoms with Crippen molar-refractivity contribution in [3.05, 3.63) is 34.7 Å². The Morgan fingerprint density at radius 2 is 2.00 bits per heavy atom. The van der Waals surface area contributed by atoms with E-state index in [0.29, 0.717) is 0 Å². The number of sulfone groups is 1. The summed E-state index contributed by atoms with van der Waals surface area (Å²) >= 11 is 0. The van der Waals surface area contributed by atoms with E-state index in [1.54, 1.807) is 12.1 Å². The Hall–Kier alpha value is -1.56. The summed E-state index contributed by atoms with van der Waals surface area (Å²) in [5.74, 6) is -0.0330. The molecule has 0 spiro atoms. The Morgan fingerprint density at radius 1 is 1.31 bits per heavy atom. The van der Waals surface area contributed by atoms with Crippen LogP contribution in [0.2, 0.25) is 0 Å². The van der Waals surface area contributed by atoms with E-state index in [2.05, 4.69) is 4.98 Å². The molecule has 16 heavy (non-hydrogen) atoms. The number of H-pyrrole nitrogens is 1. The molecular weight excluding hydrogens is 228 g/mol. The molecule has 1 heterocycles. The molecule has 0 fully saturated rings. The topological polar surface area (TPSA) is 71.9 Å². The maximum Gasteiger partial charge on any atom is 0.326 e. The predicted molar refractivity (Wildman–Crippen MR) is 62.3 cm³/mol. The summed E-state index contributed by atoms with van der Waals surface area (Å²) in [6, 6.07) is 7.20. The Labute approximate surface area is 92.6 Å². The van der Waals surface area contributed by atoms with Gasteiger partial charge in [-0.25, -0.2) is 13.2 Å². The number of hydrogen-bond donors (Lipinski definition) is 1. The van der Waals surface area contributed by atoms with Crippen LogP contribution in [0.5, 0.6) is 0 Å². The maximum absolute atomic E-state index is 11.6. The van der Waals surface area contributed by atoms with Gasteiger partial charge in [0.25, 0.3) is 0 Å². The summed E-state index contributed by atoms with van der Waals surface area (Å²) < 4.78 is 23.5. The molecule has 6 heteroatoms. The second-order valence-electron chi connectivity index (χ2n) is 3.73. The van der Waals surface area contributed by atoms with Gasteiger partial charge in [-0.3, -0.25) is 4.57 Å². The third kappa shape index (κ3) is 2.16. The van der Waals surface area contributed by atoms with Crippen LogP contribution in [0.15, 0.2) is 29.1 Å². The van der Waals surface area contributed by atoms with E-state index < -0.39 is 9.84 Å². The molecule has 0 radical (unpaired) electrons. The molecule has 0 bridgehead atoms. The fraction of sp³-hybridized carbons (Fsp3) is 0.300. The number of rotatable bonds is 3. The van der Waals surface area contributed by atoms with Crippen LogP contribution >= 0.6 is 0 Å². The van der Waals surface area contributed by atoms with Crippen molar-refractivity contribution in [2.75, 3.05) is 12.0 Å². The van der Waals surface area contributed by atoms with Crippen molar-refractivity contribution in [1.82, 2.24) is 9.55 Å². The van der Waals surface area contributed by atoms with Crippen LogP contribution in [0, 0.1) is 0 Å². The lowest BCUT2D eigenvalue weighted by molar-refractivity contribution is 0.594. The lowest BCUT2D eigenvalue weighted by Gasteiger charge is -2.01. The summed E-state index contributed by atoms with van der Waals surface area (Å²) in [5, 5.41) is 0. The summed E-state index contributed by atoms with van der Waals surface area (Å²) in [5.41, 5.74) is 1.18. The first-order valence-electron chi connectivity index (χ1n) is 4.83. The van der Waals surface area contributed by atoms with Crippen molar-refractivity contribution in [2.24, 2.45) is 0 Å². The number of imidazole rings is 1. The molecule has 0 aliphatic carbocycles. The van der Waals surface area contributed by atoms with E-state index in [4.69, 9.17) is 0 Å². The van der Waals surface area contributed by atoms with Gasteiger partial charge in [0, 0.05) is 12.8 Å². The van der Waals surface area contributed by atoms with Gasteiger partial charge >= 0.3 is 5.69 Å². The van der Waals surface area contributed by atoms with Gasteiger partial charge in [0.05, 0.1) is 16.8 Å². The van der Waals surface area contributed by atoms with Crippen LogP contribution in [0.3, 0.4) is 0 Å². The fourth-order valence-corrected chi connectivity index (χ4v) is 2.10. The summed E-state index contributed by atoms with van der Waals surface area (Å²) in [6.45, 7) is 0.182. The largest absolute Gasteiger partial charge is 0.326 e. The molecule has 86 valence electrons. The lowest BCUT2D eigenvalue weighted by Crippen LogP contribution is -2.21. The van der Waals surface area contributed by atoms with E-state index in [9.17, 15) is 13.2 Å². The average molecular weight is 240 g/mol. The number of nitrogens with zero attached hydrogens (tertiary/aromatic N) is 1. The molecule has 0 atom stereocenters. The number of aryl methyl sites for hydroxylation is 1. The summed E-state index contributed by atoms with van der Waals surface area (Å²) in [6.07, 6.45) is 1.16. The minimum absolute atomic E-state index is 0.0330. The first-order chi connectivity index (χ1) is 7.47. The predicted octanol–water partition coefficient (Wildman–Crippen LogP) is 0.374. The third-order valence-electron chi connectivity index (χ3n) is 2.37. The molecule has 0 saturated carbocycles. The van der Waals surface area contributed by atoms with E-state index in [-0.39, 0.29) is 18.0 Å². The number of benzene rings is 1. The van der Waals surface area contributed by atoms with Crippen molar-refractivity contribution in [3.63, 3.8) is 0 Å². The van der Waals surface area contributed by atoms with Gasteiger partial charge in [0.15, 0.2) is 0 Å². The molecule has 1 aromatic heterocycles. The molecular formula is C10H12N2O3S. The molecule has 0 aliphatic heterocycles. The van der Waals surface area contributed by atoms with Crippen LogP contribution in [-0.4, -0.2) is 30.0 Å². The number of para-hydroxylation sites is 2. The van der Waals surface area contributed by atoms with Crippen molar-refractivity contribution < 1.29 is 8.42 Å². The summed E-state index contributed by atoms with van der Waals surface area (Å²) in [4.78, 5) is 14.2. The van der Waals surface area contributed by atoms with E-state index in [1.165, 1.54) is 4.57 Å². The first kappa shape index (κ1) is 10.9. The Kier molecular flexibility index (Phi) is 2.59. The molecule has 0 aliphatic rings. The van der Waals surface area contributed by atoms with E-state index in [1.807, 2.05) is 12.1 Å². The zero-order valence-electron chi connectivity index (χ0n) is 8.80. The van der Waals surface area contributed by atoms with Crippen LogP contribution < -0.4 is 5.69 Å². The van der Waals surface area contributed by atoms with Crippen molar-refractivity contribution in [2.45, 2.75) is 6.54 Å². The minimum Gasteiger partial charge on any atom is -0.306 e. The minimum atomic E-state index is -3.06. The fourth-order valence-electron chi connectivity index (χ4n) is 1.59. The monoisotopic (exact) mass is 240 g/mol. The van der Waals surface area contributed by atoms with Gasteiger partial charge < -0.3 is 4.98 Å². The molecule has 1 aromatic carbocycles. The average Bonchev–Trinajstić information content (AvgIpc) is 2.49. The van der Waals surface area contributed by atoms with Gasteiger partial charge in [-0.2, -0.15) is 0 Å². The number of fused-ring (bicyclic) bond motifs is 1. The van der Waals surface area contributed by atoms with Crippen LogP contribution in [0.4, 0.5) is 0 Å². The molecule has 5 nitrogen and oxygen atoms in total.